The molecule has 2 aliphatic heterocycles. The minimum atomic E-state index is -3.73. The molecule has 8 nitrogen and oxygen atoms in total. The fourth-order valence-electron chi connectivity index (χ4n) is 3.80. The van der Waals surface area contributed by atoms with Crippen LogP contribution in [0.1, 0.15) is 23.5 Å². The van der Waals surface area contributed by atoms with Crippen molar-refractivity contribution >= 4 is 27.5 Å². The Morgan fingerprint density at radius 3 is 2.71 bits per heavy atom. The van der Waals surface area contributed by atoms with Crippen molar-refractivity contribution in [2.24, 2.45) is 0 Å². The molecule has 10 heteroatoms. The van der Waals surface area contributed by atoms with E-state index in [9.17, 15) is 22.4 Å². The van der Waals surface area contributed by atoms with Crippen molar-refractivity contribution in [2.45, 2.75) is 23.8 Å². The van der Waals surface area contributed by atoms with Crippen LogP contribution < -0.4 is 10.6 Å². The Labute approximate surface area is 179 Å². The normalized spacial score (nSPS) is 19.4. The van der Waals surface area contributed by atoms with Gasteiger partial charge in [0.25, 0.3) is 0 Å². The topological polar surface area (TPSA) is 105 Å². The van der Waals surface area contributed by atoms with E-state index in [0.717, 1.165) is 0 Å². The maximum absolute atomic E-state index is 13.5. The van der Waals surface area contributed by atoms with E-state index < -0.39 is 27.7 Å². The average Bonchev–Trinajstić information content (AvgIpc) is 2.77. The van der Waals surface area contributed by atoms with E-state index >= 15 is 0 Å². The molecule has 0 aromatic heterocycles. The van der Waals surface area contributed by atoms with Crippen LogP contribution in [0.5, 0.6) is 0 Å². The van der Waals surface area contributed by atoms with Crippen LogP contribution in [-0.2, 0) is 30.9 Å². The second-order valence-corrected chi connectivity index (χ2v) is 9.28. The minimum absolute atomic E-state index is 0.0206. The summed E-state index contributed by atoms with van der Waals surface area (Å²) in [7, 11) is -3.73. The number of hydrogen-bond acceptors (Lipinski definition) is 5. The maximum atomic E-state index is 13.5. The number of carbonyl (C=O) groups is 2. The summed E-state index contributed by atoms with van der Waals surface area (Å²) in [6.07, 6.45) is -0.0712. The Morgan fingerprint density at radius 2 is 1.94 bits per heavy atom. The fraction of sp³-hybridized carbons (Fsp3) is 0.333. The van der Waals surface area contributed by atoms with Crippen LogP contribution in [-0.4, -0.2) is 50.8 Å². The number of sulfonamides is 1. The summed E-state index contributed by atoms with van der Waals surface area (Å²) in [6.45, 7) is 1.19. The number of hydrogen-bond donors (Lipinski definition) is 2. The van der Waals surface area contributed by atoms with Crippen molar-refractivity contribution in [2.75, 3.05) is 31.6 Å². The van der Waals surface area contributed by atoms with Gasteiger partial charge in [0.05, 0.1) is 24.0 Å². The summed E-state index contributed by atoms with van der Waals surface area (Å²) >= 11 is 0. The van der Waals surface area contributed by atoms with Gasteiger partial charge in [0.1, 0.15) is 5.82 Å². The van der Waals surface area contributed by atoms with E-state index in [0.29, 0.717) is 24.3 Å². The molecule has 164 valence electrons. The molecule has 0 spiro atoms. The van der Waals surface area contributed by atoms with Crippen LogP contribution >= 0.6 is 0 Å². The molecule has 4 rings (SSSR count). The first-order valence-corrected chi connectivity index (χ1v) is 11.3. The van der Waals surface area contributed by atoms with E-state index in [-0.39, 0.29) is 42.5 Å². The van der Waals surface area contributed by atoms with Gasteiger partial charge in [-0.3, -0.25) is 9.59 Å². The lowest BCUT2D eigenvalue weighted by atomic mass is 9.89. The molecular weight excluding hydrogens is 425 g/mol. The van der Waals surface area contributed by atoms with E-state index in [1.54, 1.807) is 18.2 Å². The first kappa shape index (κ1) is 21.4. The summed E-state index contributed by atoms with van der Waals surface area (Å²) < 4.78 is 46.2. The van der Waals surface area contributed by atoms with Crippen LogP contribution in [0, 0.1) is 5.82 Å². The third kappa shape index (κ3) is 4.46. The lowest BCUT2D eigenvalue weighted by Crippen LogP contribution is -2.41. The Kier molecular flexibility index (Phi) is 6.03. The second-order valence-electron chi connectivity index (χ2n) is 7.38. The number of halogens is 1. The molecule has 0 bridgehead atoms. The smallest absolute Gasteiger partial charge is 0.243 e. The Bertz CT molecular complexity index is 1120. The number of ether oxygens (including phenoxy) is 1. The number of fused-ring (bicyclic) bond motifs is 1. The quantitative estimate of drug-likeness (QED) is 0.724. The molecule has 31 heavy (non-hydrogen) atoms. The number of carbonyl (C=O) groups excluding carboxylic acids is 2. The molecular formula is C21H22FN3O5S. The van der Waals surface area contributed by atoms with Crippen molar-refractivity contribution in [3.05, 3.63) is 59.4 Å². The summed E-state index contributed by atoms with van der Waals surface area (Å²) in [4.78, 5) is 25.0. The van der Waals surface area contributed by atoms with Gasteiger partial charge in [0.15, 0.2) is 0 Å². The van der Waals surface area contributed by atoms with Crippen LogP contribution in [0.15, 0.2) is 47.4 Å². The molecule has 0 saturated carbocycles. The lowest BCUT2D eigenvalue weighted by molar-refractivity contribution is -0.126. The molecule has 1 atom stereocenters. The van der Waals surface area contributed by atoms with Gasteiger partial charge in [-0.05, 0) is 29.3 Å². The van der Waals surface area contributed by atoms with Crippen molar-refractivity contribution in [3.63, 3.8) is 0 Å². The highest BCUT2D eigenvalue weighted by Crippen LogP contribution is 2.33. The third-order valence-electron chi connectivity index (χ3n) is 5.38. The predicted octanol–water partition coefficient (Wildman–Crippen LogP) is 1.59. The first-order chi connectivity index (χ1) is 14.9. The first-order valence-electron chi connectivity index (χ1n) is 9.89. The van der Waals surface area contributed by atoms with E-state index in [1.165, 1.54) is 28.6 Å². The number of nitrogens with zero attached hydrogens (tertiary/aromatic N) is 1. The predicted molar refractivity (Wildman–Crippen MR) is 110 cm³/mol. The van der Waals surface area contributed by atoms with Gasteiger partial charge in [-0.15, -0.1) is 0 Å². The lowest BCUT2D eigenvalue weighted by Gasteiger charge is -2.27. The number of morpholine rings is 1. The molecule has 1 saturated heterocycles. The van der Waals surface area contributed by atoms with Crippen LogP contribution in [0.25, 0.3) is 0 Å². The number of amides is 2. The van der Waals surface area contributed by atoms with Crippen molar-refractivity contribution in [1.82, 2.24) is 9.62 Å². The van der Waals surface area contributed by atoms with Gasteiger partial charge < -0.3 is 15.4 Å². The zero-order valence-corrected chi connectivity index (χ0v) is 17.5. The summed E-state index contributed by atoms with van der Waals surface area (Å²) in [5.41, 5.74) is 1.24. The van der Waals surface area contributed by atoms with Crippen LogP contribution in [0.3, 0.4) is 0 Å². The molecule has 2 aromatic carbocycles. The van der Waals surface area contributed by atoms with Crippen LogP contribution in [0.4, 0.5) is 10.1 Å². The molecule has 0 aliphatic carbocycles. The zero-order chi connectivity index (χ0) is 22.0. The van der Waals surface area contributed by atoms with Gasteiger partial charge in [-0.1, -0.05) is 24.3 Å². The highest BCUT2D eigenvalue weighted by atomic mass is 32.2. The number of rotatable bonds is 5. The SMILES string of the molecule is O=C1CC(C(=O)NCc2ccccc2S(=O)(=O)N2CCOCC2)c2ccc(F)cc2N1. The molecule has 2 N–H and O–H groups in total. The van der Waals surface area contributed by atoms with Crippen LogP contribution in [0.2, 0.25) is 0 Å². The summed E-state index contributed by atoms with van der Waals surface area (Å²) in [5, 5.41) is 5.31. The number of nitrogens with one attached hydrogen (secondary N) is 2. The molecule has 2 aliphatic rings. The standard InChI is InChI=1S/C21H22FN3O5S/c22-15-5-6-16-17(12-20(26)24-18(16)11-15)21(27)23-13-14-3-1-2-4-19(14)31(28,29)25-7-9-30-10-8-25/h1-6,11,17H,7-10,12-13H2,(H,23,27)(H,24,26). The van der Waals surface area contributed by atoms with Crippen molar-refractivity contribution in [3.8, 4) is 0 Å². The Morgan fingerprint density at radius 1 is 1.19 bits per heavy atom. The molecule has 2 amide bonds. The molecule has 2 heterocycles. The van der Waals surface area contributed by atoms with E-state index in [1.807, 2.05) is 0 Å². The van der Waals surface area contributed by atoms with E-state index in [4.69, 9.17) is 4.74 Å². The molecule has 1 fully saturated rings. The minimum Gasteiger partial charge on any atom is -0.379 e. The highest BCUT2D eigenvalue weighted by molar-refractivity contribution is 7.89. The van der Waals surface area contributed by atoms with Gasteiger partial charge in [0, 0.05) is 31.7 Å². The second kappa shape index (κ2) is 8.74. The van der Waals surface area contributed by atoms with Gasteiger partial charge in [-0.25, -0.2) is 12.8 Å². The molecule has 1 unspecified atom stereocenters. The monoisotopic (exact) mass is 447 g/mol. The van der Waals surface area contributed by atoms with Gasteiger partial charge >= 0.3 is 0 Å². The average molecular weight is 447 g/mol. The molecule has 0 radical (unpaired) electrons. The van der Waals surface area contributed by atoms with Gasteiger partial charge in [-0.2, -0.15) is 4.31 Å². The zero-order valence-electron chi connectivity index (χ0n) is 16.6. The third-order valence-corrected chi connectivity index (χ3v) is 7.38. The summed E-state index contributed by atoms with van der Waals surface area (Å²) in [6, 6.07) is 10.4. The largest absolute Gasteiger partial charge is 0.379 e. The highest BCUT2D eigenvalue weighted by Gasteiger charge is 2.32. The summed E-state index contributed by atoms with van der Waals surface area (Å²) in [5.74, 6) is -2.11. The Hall–Kier alpha value is -2.82. The van der Waals surface area contributed by atoms with E-state index in [2.05, 4.69) is 10.6 Å². The number of anilines is 1. The fourth-order valence-corrected chi connectivity index (χ4v) is 5.43. The Balaban J connectivity index is 1.53. The van der Waals surface area contributed by atoms with Crippen molar-refractivity contribution < 1.29 is 27.1 Å². The number of benzene rings is 2. The van der Waals surface area contributed by atoms with Gasteiger partial charge in [0.2, 0.25) is 21.8 Å². The molecule has 2 aromatic rings. The van der Waals surface area contributed by atoms with Crippen molar-refractivity contribution in [1.29, 1.82) is 0 Å². The maximum Gasteiger partial charge on any atom is 0.243 e.